The van der Waals surface area contributed by atoms with Crippen LogP contribution in [0.25, 0.3) is 5.82 Å². The molecule has 2 saturated heterocycles. The summed E-state index contributed by atoms with van der Waals surface area (Å²) in [7, 11) is 0. The number of β-amino-alcohol motifs (C(OH)–C–C–N with tert-alkyl or cyclic N) is 1. The Bertz CT molecular complexity index is 1060. The fraction of sp³-hybridized carbons (Fsp3) is 0.524. The van der Waals surface area contributed by atoms with E-state index in [1.807, 2.05) is 13.0 Å². The van der Waals surface area contributed by atoms with E-state index in [1.165, 1.54) is 17.1 Å². The Hall–Kier alpha value is -3.18. The third-order valence-electron chi connectivity index (χ3n) is 6.81. The van der Waals surface area contributed by atoms with Crippen molar-refractivity contribution in [1.29, 1.82) is 0 Å². The lowest BCUT2D eigenvalue weighted by Gasteiger charge is -2.38. The maximum Gasteiger partial charge on any atom is 0.333 e. The second kappa shape index (κ2) is 8.06. The van der Waals surface area contributed by atoms with Crippen molar-refractivity contribution in [2.75, 3.05) is 32.8 Å². The van der Waals surface area contributed by atoms with Gasteiger partial charge in [0.15, 0.2) is 5.82 Å². The number of aromatic nitrogens is 5. The van der Waals surface area contributed by atoms with Crippen molar-refractivity contribution in [3.05, 3.63) is 41.5 Å². The molecule has 5 rings (SSSR count). The van der Waals surface area contributed by atoms with Gasteiger partial charge in [0.25, 0.3) is 0 Å². The lowest BCUT2D eigenvalue weighted by molar-refractivity contribution is -0.138. The molecule has 11 heteroatoms. The van der Waals surface area contributed by atoms with Crippen LogP contribution in [0, 0.1) is 12.3 Å². The van der Waals surface area contributed by atoms with Crippen LogP contribution in [0.5, 0.6) is 0 Å². The van der Waals surface area contributed by atoms with Crippen molar-refractivity contribution in [2.45, 2.75) is 32.3 Å². The van der Waals surface area contributed by atoms with Crippen molar-refractivity contribution in [2.24, 2.45) is 5.41 Å². The average Bonchev–Trinajstić information content (AvgIpc) is 3.52. The van der Waals surface area contributed by atoms with Crippen molar-refractivity contribution < 1.29 is 19.4 Å². The third kappa shape index (κ3) is 3.67. The van der Waals surface area contributed by atoms with Gasteiger partial charge in [0.2, 0.25) is 5.91 Å². The zero-order chi connectivity index (χ0) is 22.3. The number of cyclic esters (lactones) is 1. The molecule has 5 heterocycles. The molecule has 1 amide bonds. The van der Waals surface area contributed by atoms with Gasteiger partial charge in [0, 0.05) is 30.4 Å². The number of carbonyl (C=O) groups excluding carboxylic acids is 2. The highest BCUT2D eigenvalue weighted by Crippen LogP contribution is 2.43. The Kier molecular flexibility index (Phi) is 5.22. The number of hydrogen-bond donors (Lipinski definition) is 1. The summed E-state index contributed by atoms with van der Waals surface area (Å²) in [6.07, 6.45) is 4.49. The molecule has 0 unspecified atom stereocenters. The molecule has 1 spiro atoms. The predicted octanol–water partition coefficient (Wildman–Crippen LogP) is 0.154. The number of ether oxygens (including phenoxy) is 1. The number of rotatable bonds is 5. The van der Waals surface area contributed by atoms with Gasteiger partial charge in [-0.3, -0.25) is 4.79 Å². The van der Waals surface area contributed by atoms with E-state index < -0.39 is 6.10 Å². The molecule has 3 aliphatic heterocycles. The van der Waals surface area contributed by atoms with Crippen molar-refractivity contribution in [3.8, 4) is 5.82 Å². The number of esters is 1. The number of nitrogens with zero attached hydrogens (tertiary/aromatic N) is 7. The van der Waals surface area contributed by atoms with Gasteiger partial charge in [0.05, 0.1) is 17.2 Å². The number of hydrogen-bond acceptors (Lipinski definition) is 9. The van der Waals surface area contributed by atoms with Crippen LogP contribution in [0.4, 0.5) is 0 Å². The Morgan fingerprint density at radius 2 is 1.97 bits per heavy atom. The molecular formula is C21H25N7O4. The predicted molar refractivity (Wildman–Crippen MR) is 110 cm³/mol. The SMILES string of the molecule is Cc1nc(-n2cnnn2)ccc1[C@H](O)CN1CCC2(CC1)CCN(C1=CC(=O)OC1)C2=O. The summed E-state index contributed by atoms with van der Waals surface area (Å²) < 4.78 is 6.44. The Labute approximate surface area is 184 Å². The average molecular weight is 439 g/mol. The first-order valence-electron chi connectivity index (χ1n) is 10.8. The Balaban J connectivity index is 1.20. The molecule has 0 aromatic carbocycles. The number of tetrazole rings is 1. The molecule has 32 heavy (non-hydrogen) atoms. The highest BCUT2D eigenvalue weighted by atomic mass is 16.5. The molecule has 2 fully saturated rings. The van der Waals surface area contributed by atoms with Crippen LogP contribution < -0.4 is 0 Å². The molecule has 1 atom stereocenters. The summed E-state index contributed by atoms with van der Waals surface area (Å²) in [5.41, 5.74) is 1.78. The summed E-state index contributed by atoms with van der Waals surface area (Å²) in [6, 6.07) is 3.64. The minimum Gasteiger partial charge on any atom is -0.456 e. The first-order valence-corrected chi connectivity index (χ1v) is 10.8. The van der Waals surface area contributed by atoms with E-state index in [9.17, 15) is 14.7 Å². The van der Waals surface area contributed by atoms with Gasteiger partial charge < -0.3 is 19.6 Å². The van der Waals surface area contributed by atoms with E-state index in [4.69, 9.17) is 4.74 Å². The molecule has 11 nitrogen and oxygen atoms in total. The Morgan fingerprint density at radius 3 is 2.62 bits per heavy atom. The minimum absolute atomic E-state index is 0.0977. The number of amides is 1. The number of pyridine rings is 1. The zero-order valence-electron chi connectivity index (χ0n) is 17.8. The number of aliphatic hydroxyl groups excluding tert-OH is 1. The van der Waals surface area contributed by atoms with Crippen LogP contribution in [-0.4, -0.2) is 84.8 Å². The van der Waals surface area contributed by atoms with Gasteiger partial charge in [-0.15, -0.1) is 5.10 Å². The van der Waals surface area contributed by atoms with E-state index in [0.717, 1.165) is 43.6 Å². The quantitative estimate of drug-likeness (QED) is 0.648. The molecule has 0 aliphatic carbocycles. The molecule has 0 bridgehead atoms. The van der Waals surface area contributed by atoms with Gasteiger partial charge >= 0.3 is 5.97 Å². The van der Waals surface area contributed by atoms with Gasteiger partial charge in [0.1, 0.15) is 12.9 Å². The number of aryl methyl sites for hydroxylation is 1. The second-order valence-electron chi connectivity index (χ2n) is 8.65. The van der Waals surface area contributed by atoms with Crippen LogP contribution in [0.15, 0.2) is 30.2 Å². The molecule has 0 radical (unpaired) electrons. The maximum atomic E-state index is 13.1. The number of likely N-dealkylation sites (tertiary alicyclic amines) is 2. The molecule has 2 aromatic heterocycles. The van der Waals surface area contributed by atoms with E-state index in [-0.39, 0.29) is 23.9 Å². The van der Waals surface area contributed by atoms with Crippen molar-refractivity contribution in [3.63, 3.8) is 0 Å². The largest absolute Gasteiger partial charge is 0.456 e. The number of aliphatic hydroxyl groups is 1. The van der Waals surface area contributed by atoms with Crippen LogP contribution in [-0.2, 0) is 14.3 Å². The normalized spacial score (nSPS) is 21.8. The summed E-state index contributed by atoms with van der Waals surface area (Å²) in [6.45, 7) is 4.62. The molecule has 1 N–H and O–H groups in total. The van der Waals surface area contributed by atoms with Gasteiger partial charge in [-0.25, -0.2) is 9.78 Å². The van der Waals surface area contributed by atoms with E-state index in [1.54, 1.807) is 11.0 Å². The summed E-state index contributed by atoms with van der Waals surface area (Å²) >= 11 is 0. The lowest BCUT2D eigenvalue weighted by Crippen LogP contribution is -2.45. The highest BCUT2D eigenvalue weighted by molar-refractivity contribution is 5.90. The van der Waals surface area contributed by atoms with Gasteiger partial charge in [-0.05, 0) is 55.8 Å². The first-order chi connectivity index (χ1) is 15.4. The van der Waals surface area contributed by atoms with E-state index >= 15 is 0 Å². The summed E-state index contributed by atoms with van der Waals surface area (Å²) in [5, 5.41) is 21.9. The van der Waals surface area contributed by atoms with Crippen molar-refractivity contribution >= 4 is 11.9 Å². The monoisotopic (exact) mass is 439 g/mol. The maximum absolute atomic E-state index is 13.1. The van der Waals surface area contributed by atoms with Crippen LogP contribution in [0.1, 0.15) is 36.6 Å². The smallest absolute Gasteiger partial charge is 0.333 e. The van der Waals surface area contributed by atoms with Crippen LogP contribution >= 0.6 is 0 Å². The molecule has 168 valence electrons. The van der Waals surface area contributed by atoms with Crippen LogP contribution in [0.3, 0.4) is 0 Å². The number of piperidine rings is 1. The topological polar surface area (TPSA) is 127 Å². The third-order valence-corrected chi connectivity index (χ3v) is 6.81. The fourth-order valence-electron chi connectivity index (χ4n) is 4.89. The number of carbonyl (C=O) groups is 2. The van der Waals surface area contributed by atoms with Gasteiger partial charge in [-0.1, -0.05) is 6.07 Å². The second-order valence-corrected chi connectivity index (χ2v) is 8.65. The summed E-state index contributed by atoms with van der Waals surface area (Å²) in [5.74, 6) is 0.311. The van der Waals surface area contributed by atoms with Crippen LogP contribution in [0.2, 0.25) is 0 Å². The van der Waals surface area contributed by atoms with Crippen molar-refractivity contribution in [1.82, 2.24) is 35.0 Å². The summed E-state index contributed by atoms with van der Waals surface area (Å²) in [4.78, 5) is 32.9. The zero-order valence-corrected chi connectivity index (χ0v) is 17.8. The Morgan fingerprint density at radius 1 is 1.19 bits per heavy atom. The molecule has 2 aromatic rings. The molecular weight excluding hydrogens is 414 g/mol. The molecule has 3 aliphatic rings. The van der Waals surface area contributed by atoms with E-state index in [0.29, 0.717) is 24.6 Å². The molecule has 0 saturated carbocycles. The standard InChI is InChI=1S/C21H25N7O4/c1-14-16(2-3-18(23-14)28-13-22-24-25-28)17(29)11-26-7-4-21(5-8-26)6-9-27(20(21)31)15-10-19(30)32-12-15/h2-3,10,13,17,29H,4-9,11-12H2,1H3/t17-/m1/s1. The van der Waals surface area contributed by atoms with E-state index in [2.05, 4.69) is 25.4 Å². The lowest BCUT2D eigenvalue weighted by atomic mass is 9.77. The minimum atomic E-state index is -0.679. The first kappa shape index (κ1) is 20.7. The van der Waals surface area contributed by atoms with Gasteiger partial charge in [-0.2, -0.15) is 4.68 Å². The fourth-order valence-corrected chi connectivity index (χ4v) is 4.89. The highest BCUT2D eigenvalue weighted by Gasteiger charge is 2.49.